The van der Waals surface area contributed by atoms with Crippen LogP contribution in [0, 0.1) is 12.7 Å². The van der Waals surface area contributed by atoms with Crippen LogP contribution >= 0.6 is 27.3 Å². The van der Waals surface area contributed by atoms with Crippen molar-refractivity contribution >= 4 is 48.9 Å². The third-order valence-corrected chi connectivity index (χ3v) is 6.74. The van der Waals surface area contributed by atoms with Crippen LogP contribution in [-0.2, 0) is 10.0 Å². The molecule has 5 nitrogen and oxygen atoms in total. The van der Waals surface area contributed by atoms with Gasteiger partial charge in [-0.05, 0) is 46.4 Å². The van der Waals surface area contributed by atoms with E-state index in [0.717, 1.165) is 17.4 Å². The van der Waals surface area contributed by atoms with Gasteiger partial charge in [-0.1, -0.05) is 0 Å². The van der Waals surface area contributed by atoms with Crippen molar-refractivity contribution < 1.29 is 17.6 Å². The van der Waals surface area contributed by atoms with Crippen LogP contribution in [0.4, 0.5) is 10.1 Å². The lowest BCUT2D eigenvalue weighted by molar-refractivity contribution is 0.1000. The summed E-state index contributed by atoms with van der Waals surface area (Å²) >= 11 is 4.14. The highest BCUT2D eigenvalue weighted by Gasteiger charge is 2.21. The molecule has 0 unspecified atom stereocenters. The van der Waals surface area contributed by atoms with Gasteiger partial charge in [0.1, 0.15) is 5.82 Å². The molecule has 0 atom stereocenters. The molecule has 112 valence electrons. The second-order valence-electron chi connectivity index (χ2n) is 4.16. The molecule has 2 rings (SSSR count). The number of hydrogen-bond donors (Lipinski definition) is 2. The Balaban J connectivity index is 2.49. The first kappa shape index (κ1) is 15.9. The molecule has 0 saturated carbocycles. The Morgan fingerprint density at radius 2 is 2.10 bits per heavy atom. The average Bonchev–Trinajstić information content (AvgIpc) is 2.81. The molecule has 0 radical (unpaired) electrons. The molecule has 0 spiro atoms. The number of carbonyl (C=O) groups is 1. The fraction of sp³-hybridized carbons (Fsp3) is 0.0833. The average molecular weight is 393 g/mol. The fourth-order valence-electron chi connectivity index (χ4n) is 1.59. The molecule has 0 aliphatic carbocycles. The van der Waals surface area contributed by atoms with E-state index in [4.69, 9.17) is 5.73 Å². The Morgan fingerprint density at radius 1 is 1.43 bits per heavy atom. The summed E-state index contributed by atoms with van der Waals surface area (Å²) in [5.74, 6) is -1.55. The van der Waals surface area contributed by atoms with Crippen molar-refractivity contribution in [3.05, 3.63) is 45.0 Å². The topological polar surface area (TPSA) is 89.3 Å². The molecule has 1 aromatic carbocycles. The highest BCUT2D eigenvalue weighted by molar-refractivity contribution is 9.10. The van der Waals surface area contributed by atoms with E-state index in [1.165, 1.54) is 13.0 Å². The standard InChI is InChI=1S/C12H10BrFN2O3S2/c1-6-9(14)4-7(11(15)17)5-10(6)16-21(18,19)12-8(13)2-3-20-12/h2-5,16H,1H3,(H2,15,17). The number of rotatable bonds is 4. The summed E-state index contributed by atoms with van der Waals surface area (Å²) in [5, 5.41) is 1.60. The Hall–Kier alpha value is -1.45. The summed E-state index contributed by atoms with van der Waals surface area (Å²) in [6.07, 6.45) is 0. The van der Waals surface area contributed by atoms with Gasteiger partial charge in [0.15, 0.2) is 4.21 Å². The van der Waals surface area contributed by atoms with Gasteiger partial charge >= 0.3 is 0 Å². The van der Waals surface area contributed by atoms with Crippen molar-refractivity contribution in [2.45, 2.75) is 11.1 Å². The summed E-state index contributed by atoms with van der Waals surface area (Å²) in [7, 11) is -3.88. The number of hydrogen-bond acceptors (Lipinski definition) is 4. The predicted molar refractivity (Wildman–Crippen MR) is 82.5 cm³/mol. The Morgan fingerprint density at radius 3 is 2.62 bits per heavy atom. The molecular formula is C12H10BrFN2O3S2. The van der Waals surface area contributed by atoms with E-state index in [0.29, 0.717) is 4.47 Å². The first-order valence-corrected chi connectivity index (χ1v) is 8.73. The SMILES string of the molecule is Cc1c(F)cc(C(N)=O)cc1NS(=O)(=O)c1sccc1Br. The van der Waals surface area contributed by atoms with Gasteiger partial charge in [-0.3, -0.25) is 9.52 Å². The number of nitrogens with two attached hydrogens (primary N) is 1. The Kier molecular flexibility index (Phi) is 4.35. The van der Waals surface area contributed by atoms with Crippen LogP contribution in [0.2, 0.25) is 0 Å². The molecule has 1 aromatic heterocycles. The molecule has 0 saturated heterocycles. The third kappa shape index (κ3) is 3.25. The smallest absolute Gasteiger partial charge is 0.272 e. The van der Waals surface area contributed by atoms with Gasteiger partial charge in [-0.25, -0.2) is 12.8 Å². The second-order valence-corrected chi connectivity index (χ2v) is 7.80. The Labute approximate surface area is 133 Å². The number of thiophene rings is 1. The molecule has 1 heterocycles. The van der Waals surface area contributed by atoms with E-state index in [9.17, 15) is 17.6 Å². The van der Waals surface area contributed by atoms with Gasteiger partial charge in [0.2, 0.25) is 5.91 Å². The third-order valence-electron chi connectivity index (χ3n) is 2.70. The zero-order valence-electron chi connectivity index (χ0n) is 10.7. The quantitative estimate of drug-likeness (QED) is 0.837. The number of carbonyl (C=O) groups excluding carboxylic acids is 1. The minimum Gasteiger partial charge on any atom is -0.366 e. The molecule has 2 aromatic rings. The predicted octanol–water partition coefficient (Wildman–Crippen LogP) is 2.86. The van der Waals surface area contributed by atoms with Crippen molar-refractivity contribution in [1.29, 1.82) is 0 Å². The van der Waals surface area contributed by atoms with Gasteiger partial charge in [0, 0.05) is 15.6 Å². The number of nitrogens with one attached hydrogen (secondary N) is 1. The highest BCUT2D eigenvalue weighted by Crippen LogP contribution is 2.30. The molecule has 1 amide bonds. The van der Waals surface area contributed by atoms with Gasteiger partial charge in [-0.2, -0.15) is 0 Å². The van der Waals surface area contributed by atoms with Crippen LogP contribution < -0.4 is 10.5 Å². The van der Waals surface area contributed by atoms with E-state index < -0.39 is 21.7 Å². The fourth-order valence-corrected chi connectivity index (χ4v) is 5.04. The molecule has 0 aliphatic heterocycles. The van der Waals surface area contributed by atoms with Crippen molar-refractivity contribution in [3.63, 3.8) is 0 Å². The van der Waals surface area contributed by atoms with Gasteiger partial charge in [-0.15, -0.1) is 11.3 Å². The largest absolute Gasteiger partial charge is 0.366 e. The summed E-state index contributed by atoms with van der Waals surface area (Å²) < 4.78 is 41.0. The maximum atomic E-state index is 13.7. The number of anilines is 1. The molecule has 3 N–H and O–H groups in total. The van der Waals surface area contributed by atoms with Crippen molar-refractivity contribution in [2.75, 3.05) is 4.72 Å². The van der Waals surface area contributed by atoms with E-state index >= 15 is 0 Å². The van der Waals surface area contributed by atoms with Crippen LogP contribution in [0.3, 0.4) is 0 Å². The minimum atomic E-state index is -3.88. The van der Waals surface area contributed by atoms with E-state index in [1.54, 1.807) is 11.4 Å². The zero-order valence-corrected chi connectivity index (χ0v) is 13.9. The zero-order chi connectivity index (χ0) is 15.8. The number of amides is 1. The maximum Gasteiger partial charge on any atom is 0.272 e. The second kappa shape index (κ2) is 5.74. The van der Waals surface area contributed by atoms with Crippen LogP contribution in [0.5, 0.6) is 0 Å². The van der Waals surface area contributed by atoms with Gasteiger partial charge < -0.3 is 5.73 Å². The number of benzene rings is 1. The normalized spacial score (nSPS) is 11.4. The summed E-state index contributed by atoms with van der Waals surface area (Å²) in [5.41, 5.74) is 5.04. The van der Waals surface area contributed by atoms with Crippen LogP contribution in [0.1, 0.15) is 15.9 Å². The van der Waals surface area contributed by atoms with Crippen LogP contribution in [0.25, 0.3) is 0 Å². The van der Waals surface area contributed by atoms with Gasteiger partial charge in [0.05, 0.1) is 5.69 Å². The molecule has 0 bridgehead atoms. The molecular weight excluding hydrogens is 383 g/mol. The first-order chi connectivity index (χ1) is 9.72. The number of halogens is 2. The van der Waals surface area contributed by atoms with E-state index in [1.807, 2.05) is 0 Å². The lowest BCUT2D eigenvalue weighted by Crippen LogP contribution is -2.16. The molecule has 0 aliphatic rings. The lowest BCUT2D eigenvalue weighted by atomic mass is 10.1. The van der Waals surface area contributed by atoms with Crippen molar-refractivity contribution in [3.8, 4) is 0 Å². The van der Waals surface area contributed by atoms with E-state index in [2.05, 4.69) is 20.7 Å². The number of primary amides is 1. The lowest BCUT2D eigenvalue weighted by Gasteiger charge is -2.11. The molecule has 0 fully saturated rings. The Bertz CT molecular complexity index is 818. The summed E-state index contributed by atoms with van der Waals surface area (Å²) in [4.78, 5) is 11.1. The monoisotopic (exact) mass is 392 g/mol. The highest BCUT2D eigenvalue weighted by atomic mass is 79.9. The van der Waals surface area contributed by atoms with Crippen LogP contribution in [0.15, 0.2) is 32.3 Å². The summed E-state index contributed by atoms with van der Waals surface area (Å²) in [6.45, 7) is 1.40. The molecule has 9 heteroatoms. The van der Waals surface area contributed by atoms with Crippen LogP contribution in [-0.4, -0.2) is 14.3 Å². The molecule has 21 heavy (non-hydrogen) atoms. The minimum absolute atomic E-state index is 0.0240. The number of sulfonamides is 1. The van der Waals surface area contributed by atoms with E-state index in [-0.39, 0.29) is 21.0 Å². The first-order valence-electron chi connectivity index (χ1n) is 5.58. The van der Waals surface area contributed by atoms with Gasteiger partial charge in [0.25, 0.3) is 10.0 Å². The van der Waals surface area contributed by atoms with Crippen molar-refractivity contribution in [2.24, 2.45) is 5.73 Å². The summed E-state index contributed by atoms with van der Waals surface area (Å²) in [6, 6.07) is 3.77. The van der Waals surface area contributed by atoms with Crippen molar-refractivity contribution in [1.82, 2.24) is 0 Å². The maximum absolute atomic E-state index is 13.7.